The average molecular weight is 344 g/mol. The van der Waals surface area contributed by atoms with Crippen LogP contribution in [-0.4, -0.2) is 39.4 Å². The van der Waals surface area contributed by atoms with Crippen molar-refractivity contribution in [3.05, 3.63) is 60.2 Å². The first-order valence-corrected chi connectivity index (χ1v) is 9.37. The van der Waals surface area contributed by atoms with Gasteiger partial charge in [0, 0.05) is 25.7 Å². The lowest BCUT2D eigenvalue weighted by Gasteiger charge is -2.20. The molecule has 0 N–H and O–H groups in total. The van der Waals surface area contributed by atoms with Crippen LogP contribution in [0.4, 0.5) is 5.69 Å². The van der Waals surface area contributed by atoms with E-state index in [9.17, 15) is 13.2 Å². The van der Waals surface area contributed by atoms with E-state index in [4.69, 9.17) is 0 Å². The van der Waals surface area contributed by atoms with Crippen molar-refractivity contribution in [3.8, 4) is 0 Å². The van der Waals surface area contributed by atoms with Crippen LogP contribution in [0.2, 0.25) is 0 Å². The summed E-state index contributed by atoms with van der Waals surface area (Å²) in [5.41, 5.74) is 0.994. The van der Waals surface area contributed by atoms with Gasteiger partial charge in [0.05, 0.1) is 10.6 Å². The lowest BCUT2D eigenvalue weighted by atomic mass is 10.2. The van der Waals surface area contributed by atoms with Gasteiger partial charge in [-0.1, -0.05) is 24.3 Å². The highest BCUT2D eigenvalue weighted by atomic mass is 32.2. The molecule has 1 heterocycles. The van der Waals surface area contributed by atoms with Crippen molar-refractivity contribution in [1.29, 1.82) is 0 Å². The number of nitrogens with zero attached hydrogens (tertiary/aromatic N) is 2. The van der Waals surface area contributed by atoms with Crippen LogP contribution in [0.1, 0.15) is 23.2 Å². The molecule has 24 heavy (non-hydrogen) atoms. The summed E-state index contributed by atoms with van der Waals surface area (Å²) in [7, 11) is -2.20. The van der Waals surface area contributed by atoms with Crippen molar-refractivity contribution in [2.75, 3.05) is 24.4 Å². The standard InChI is InChI=1S/C18H20N2O3S/c1-19(16-9-3-2-4-10-16)24(22,23)17-11-7-8-15(14-17)18(21)20-12-5-6-13-20/h2-4,7-11,14H,5-6,12-13H2,1H3. The summed E-state index contributed by atoms with van der Waals surface area (Å²) >= 11 is 0. The van der Waals surface area contributed by atoms with Gasteiger partial charge >= 0.3 is 0 Å². The Morgan fingerprint density at radius 1 is 1.00 bits per heavy atom. The summed E-state index contributed by atoms with van der Waals surface area (Å²) in [4.78, 5) is 14.4. The Kier molecular flexibility index (Phi) is 4.57. The summed E-state index contributed by atoms with van der Waals surface area (Å²) in [6.07, 6.45) is 2.00. The molecule has 0 atom stereocenters. The molecule has 0 spiro atoms. The van der Waals surface area contributed by atoms with Crippen molar-refractivity contribution in [1.82, 2.24) is 4.90 Å². The van der Waals surface area contributed by atoms with E-state index in [0.717, 1.165) is 25.9 Å². The fourth-order valence-electron chi connectivity index (χ4n) is 2.83. The zero-order chi connectivity index (χ0) is 17.2. The SMILES string of the molecule is CN(c1ccccc1)S(=O)(=O)c1cccc(C(=O)N2CCCC2)c1. The lowest BCUT2D eigenvalue weighted by molar-refractivity contribution is 0.0792. The Morgan fingerprint density at radius 2 is 1.67 bits per heavy atom. The van der Waals surface area contributed by atoms with Crippen LogP contribution in [0.3, 0.4) is 0 Å². The minimum absolute atomic E-state index is 0.105. The molecular formula is C18H20N2O3S. The summed E-state index contributed by atoms with van der Waals surface area (Å²) < 4.78 is 26.9. The third-order valence-corrected chi connectivity index (χ3v) is 6.03. The number of benzene rings is 2. The molecule has 0 unspecified atom stereocenters. The molecule has 2 aromatic rings. The van der Waals surface area contributed by atoms with E-state index in [0.29, 0.717) is 11.3 Å². The molecule has 0 saturated carbocycles. The quantitative estimate of drug-likeness (QED) is 0.857. The zero-order valence-electron chi connectivity index (χ0n) is 13.6. The van der Waals surface area contributed by atoms with Gasteiger partial charge < -0.3 is 4.90 Å². The fraction of sp³-hybridized carbons (Fsp3) is 0.278. The number of amides is 1. The molecule has 1 amide bonds. The van der Waals surface area contributed by atoms with E-state index in [1.54, 1.807) is 41.3 Å². The minimum atomic E-state index is -3.71. The van der Waals surface area contributed by atoms with Gasteiger partial charge in [-0.15, -0.1) is 0 Å². The molecule has 2 aromatic carbocycles. The minimum Gasteiger partial charge on any atom is -0.339 e. The van der Waals surface area contributed by atoms with Gasteiger partial charge in [-0.2, -0.15) is 0 Å². The Labute approximate surface area is 142 Å². The Hall–Kier alpha value is -2.34. The molecule has 3 rings (SSSR count). The first-order chi connectivity index (χ1) is 11.5. The second kappa shape index (κ2) is 6.65. The summed E-state index contributed by atoms with van der Waals surface area (Å²) in [6, 6.07) is 15.2. The van der Waals surface area contributed by atoms with Crippen molar-refractivity contribution in [2.45, 2.75) is 17.7 Å². The maximum Gasteiger partial charge on any atom is 0.264 e. The zero-order valence-corrected chi connectivity index (χ0v) is 14.4. The van der Waals surface area contributed by atoms with E-state index >= 15 is 0 Å². The molecular weight excluding hydrogens is 324 g/mol. The number of hydrogen-bond donors (Lipinski definition) is 0. The maximum atomic E-state index is 12.8. The number of hydrogen-bond acceptors (Lipinski definition) is 3. The number of carbonyl (C=O) groups is 1. The van der Waals surface area contributed by atoms with Crippen LogP contribution in [0.25, 0.3) is 0 Å². The highest BCUT2D eigenvalue weighted by Crippen LogP contribution is 2.23. The van der Waals surface area contributed by atoms with Gasteiger partial charge in [0.1, 0.15) is 0 Å². The van der Waals surface area contributed by atoms with Crippen LogP contribution >= 0.6 is 0 Å². The van der Waals surface area contributed by atoms with Crippen LogP contribution in [0.15, 0.2) is 59.5 Å². The van der Waals surface area contributed by atoms with Crippen molar-refractivity contribution in [3.63, 3.8) is 0 Å². The maximum absolute atomic E-state index is 12.8. The van der Waals surface area contributed by atoms with E-state index < -0.39 is 10.0 Å². The third kappa shape index (κ3) is 3.14. The normalized spacial score (nSPS) is 14.6. The van der Waals surface area contributed by atoms with E-state index in [1.165, 1.54) is 23.5 Å². The first-order valence-electron chi connectivity index (χ1n) is 7.93. The predicted octanol–water partition coefficient (Wildman–Crippen LogP) is 2.75. The predicted molar refractivity (Wildman–Crippen MR) is 93.6 cm³/mol. The Bertz CT molecular complexity index is 828. The fourth-order valence-corrected chi connectivity index (χ4v) is 4.07. The molecule has 1 aliphatic heterocycles. The van der Waals surface area contributed by atoms with Crippen molar-refractivity contribution >= 4 is 21.6 Å². The van der Waals surface area contributed by atoms with Crippen LogP contribution < -0.4 is 4.31 Å². The summed E-state index contributed by atoms with van der Waals surface area (Å²) in [5, 5.41) is 0. The molecule has 0 aromatic heterocycles. The van der Waals surface area contributed by atoms with Gasteiger partial charge in [0.25, 0.3) is 15.9 Å². The van der Waals surface area contributed by atoms with Crippen molar-refractivity contribution < 1.29 is 13.2 Å². The molecule has 126 valence electrons. The smallest absolute Gasteiger partial charge is 0.264 e. The molecule has 5 nitrogen and oxygen atoms in total. The number of likely N-dealkylation sites (tertiary alicyclic amines) is 1. The third-order valence-electron chi connectivity index (χ3n) is 4.25. The first kappa shape index (κ1) is 16.5. The van der Waals surface area contributed by atoms with Gasteiger partial charge in [-0.3, -0.25) is 9.10 Å². The summed E-state index contributed by atoms with van der Waals surface area (Å²) in [5.74, 6) is -0.105. The van der Waals surface area contributed by atoms with Gasteiger partial charge in [-0.05, 0) is 43.2 Å². The number of sulfonamides is 1. The Morgan fingerprint density at radius 3 is 2.33 bits per heavy atom. The number of carbonyl (C=O) groups excluding carboxylic acids is 1. The van der Waals surface area contributed by atoms with Gasteiger partial charge in [0.15, 0.2) is 0 Å². The monoisotopic (exact) mass is 344 g/mol. The van der Waals surface area contributed by atoms with E-state index in [-0.39, 0.29) is 10.8 Å². The number of anilines is 1. The average Bonchev–Trinajstić information content (AvgIpc) is 3.16. The van der Waals surface area contributed by atoms with Crippen LogP contribution in [-0.2, 0) is 10.0 Å². The van der Waals surface area contributed by atoms with E-state index in [1.807, 2.05) is 6.07 Å². The van der Waals surface area contributed by atoms with Gasteiger partial charge in [-0.25, -0.2) is 8.42 Å². The van der Waals surface area contributed by atoms with Crippen LogP contribution in [0.5, 0.6) is 0 Å². The van der Waals surface area contributed by atoms with Crippen LogP contribution in [0, 0.1) is 0 Å². The molecule has 0 aliphatic carbocycles. The molecule has 1 aliphatic rings. The Balaban J connectivity index is 1.91. The largest absolute Gasteiger partial charge is 0.339 e. The number of rotatable bonds is 4. The topological polar surface area (TPSA) is 57.7 Å². The molecule has 1 fully saturated rings. The van der Waals surface area contributed by atoms with Gasteiger partial charge in [0.2, 0.25) is 0 Å². The lowest BCUT2D eigenvalue weighted by Crippen LogP contribution is -2.29. The number of para-hydroxylation sites is 1. The second-order valence-corrected chi connectivity index (χ2v) is 7.80. The molecule has 6 heteroatoms. The molecule has 1 saturated heterocycles. The second-order valence-electron chi connectivity index (χ2n) is 5.84. The molecule has 0 radical (unpaired) electrons. The highest BCUT2D eigenvalue weighted by Gasteiger charge is 2.24. The highest BCUT2D eigenvalue weighted by molar-refractivity contribution is 7.92. The van der Waals surface area contributed by atoms with E-state index in [2.05, 4.69) is 0 Å². The van der Waals surface area contributed by atoms with Crippen molar-refractivity contribution in [2.24, 2.45) is 0 Å². The summed E-state index contributed by atoms with van der Waals surface area (Å²) in [6.45, 7) is 1.47. The molecule has 0 bridgehead atoms.